The van der Waals surface area contributed by atoms with Gasteiger partial charge in [0.15, 0.2) is 0 Å². The summed E-state index contributed by atoms with van der Waals surface area (Å²) in [5.41, 5.74) is 0. The predicted octanol–water partition coefficient (Wildman–Crippen LogP) is 3.42. The Labute approximate surface area is 71.0 Å². The Hall–Kier alpha value is 0.0649. The fourth-order valence-electron chi connectivity index (χ4n) is 3.17. The van der Waals surface area contributed by atoms with Gasteiger partial charge in [-0.1, -0.05) is 63.0 Å². The molecule has 0 atom stereocenters. The number of hydrogen-bond acceptors (Lipinski definition) is 0. The zero-order valence-electron chi connectivity index (χ0n) is 7.82. The van der Waals surface area contributed by atoms with E-state index in [-0.39, 0.29) is 0 Å². The molecule has 1 heteroatoms. The standard InChI is InChI=1S/C10H18B/c1-9-5-3-7-10(2,11-9)8-4-6-9/h3-8H2,1-2H3. The molecule has 2 bridgehead atoms. The lowest BCUT2D eigenvalue weighted by atomic mass is 9.30. The molecule has 2 saturated heterocycles. The van der Waals surface area contributed by atoms with Crippen LogP contribution in [0.1, 0.15) is 52.4 Å². The molecule has 0 aromatic rings. The molecule has 2 aliphatic heterocycles. The Morgan fingerprint density at radius 1 is 0.818 bits per heavy atom. The van der Waals surface area contributed by atoms with Crippen LogP contribution < -0.4 is 0 Å². The fourth-order valence-corrected chi connectivity index (χ4v) is 3.17. The third-order valence-electron chi connectivity index (χ3n) is 3.69. The Kier molecular flexibility index (Phi) is 1.59. The van der Waals surface area contributed by atoms with Crippen molar-refractivity contribution in [1.29, 1.82) is 0 Å². The van der Waals surface area contributed by atoms with Crippen LogP contribution in [0.5, 0.6) is 0 Å². The average molecular weight is 149 g/mol. The third-order valence-corrected chi connectivity index (χ3v) is 3.69. The first-order valence-corrected chi connectivity index (χ1v) is 4.99. The number of hydrogen-bond donors (Lipinski definition) is 0. The molecule has 1 radical (unpaired) electrons. The summed E-state index contributed by atoms with van der Waals surface area (Å²) in [6, 6.07) is 0. The van der Waals surface area contributed by atoms with E-state index < -0.39 is 0 Å². The molecule has 0 unspecified atom stereocenters. The van der Waals surface area contributed by atoms with Gasteiger partial charge in [0.25, 0.3) is 0 Å². The molecule has 0 N–H and O–H groups in total. The van der Waals surface area contributed by atoms with Crippen molar-refractivity contribution >= 4 is 7.28 Å². The Morgan fingerprint density at radius 3 is 1.45 bits per heavy atom. The first kappa shape index (κ1) is 7.70. The summed E-state index contributed by atoms with van der Waals surface area (Å²) in [6.45, 7) is 4.90. The molecule has 2 rings (SSSR count). The van der Waals surface area contributed by atoms with Crippen LogP contribution in [0, 0.1) is 0 Å². The Bertz CT molecular complexity index is 136. The van der Waals surface area contributed by atoms with Crippen molar-refractivity contribution in [2.24, 2.45) is 0 Å². The highest BCUT2D eigenvalue weighted by Gasteiger charge is 2.42. The van der Waals surface area contributed by atoms with Gasteiger partial charge in [-0.3, -0.25) is 0 Å². The molecule has 0 amide bonds. The molecule has 0 spiro atoms. The van der Waals surface area contributed by atoms with Crippen molar-refractivity contribution in [2.75, 3.05) is 0 Å². The van der Waals surface area contributed by atoms with Gasteiger partial charge in [-0.15, -0.1) is 0 Å². The maximum absolute atomic E-state index is 2.66. The van der Waals surface area contributed by atoms with Gasteiger partial charge in [-0.2, -0.15) is 0 Å². The Balaban J connectivity index is 2.16. The van der Waals surface area contributed by atoms with Gasteiger partial charge in [0.2, 0.25) is 0 Å². The lowest BCUT2D eigenvalue weighted by Crippen LogP contribution is -2.36. The van der Waals surface area contributed by atoms with Crippen LogP contribution in [0.2, 0.25) is 10.6 Å². The van der Waals surface area contributed by atoms with Crippen molar-refractivity contribution in [3.05, 3.63) is 0 Å². The van der Waals surface area contributed by atoms with Crippen LogP contribution in [0.15, 0.2) is 0 Å². The van der Waals surface area contributed by atoms with Gasteiger partial charge in [-0.25, -0.2) is 0 Å². The number of fused-ring (bicyclic) bond motifs is 2. The SMILES string of the molecule is CC12[B]C(C)(CCC1)CCC2. The highest BCUT2D eigenvalue weighted by molar-refractivity contribution is 6.44. The van der Waals surface area contributed by atoms with E-state index in [4.69, 9.17) is 0 Å². The van der Waals surface area contributed by atoms with Crippen LogP contribution in [-0.2, 0) is 0 Å². The summed E-state index contributed by atoms with van der Waals surface area (Å²) in [4.78, 5) is 0. The molecule has 0 aliphatic carbocycles. The van der Waals surface area contributed by atoms with Crippen molar-refractivity contribution in [3.63, 3.8) is 0 Å². The molecule has 2 aliphatic rings. The minimum atomic E-state index is 0.616. The Morgan fingerprint density at radius 2 is 1.18 bits per heavy atom. The van der Waals surface area contributed by atoms with E-state index >= 15 is 0 Å². The van der Waals surface area contributed by atoms with Crippen LogP contribution in [0.4, 0.5) is 0 Å². The second kappa shape index (κ2) is 2.28. The largest absolute Gasteiger partial charge is 0.125 e. The van der Waals surface area contributed by atoms with Gasteiger partial charge >= 0.3 is 0 Å². The smallest absolute Gasteiger partial charge is 0.0669 e. The molecule has 0 aromatic heterocycles. The second-order valence-electron chi connectivity index (χ2n) is 5.16. The van der Waals surface area contributed by atoms with Crippen LogP contribution in [-0.4, -0.2) is 7.28 Å². The number of rotatable bonds is 0. The van der Waals surface area contributed by atoms with E-state index in [0.717, 1.165) is 0 Å². The summed E-state index contributed by atoms with van der Waals surface area (Å²) in [5, 5.41) is 1.23. The van der Waals surface area contributed by atoms with Gasteiger partial charge in [-0.05, 0) is 0 Å². The molecule has 11 heavy (non-hydrogen) atoms. The topological polar surface area (TPSA) is 0 Å². The van der Waals surface area contributed by atoms with E-state index in [1.54, 1.807) is 0 Å². The highest BCUT2D eigenvalue weighted by atomic mass is 14.4. The maximum atomic E-state index is 2.66. The van der Waals surface area contributed by atoms with Crippen molar-refractivity contribution in [2.45, 2.75) is 63.0 Å². The molecule has 0 aromatic carbocycles. The van der Waals surface area contributed by atoms with Crippen molar-refractivity contribution in [3.8, 4) is 0 Å². The fraction of sp³-hybridized carbons (Fsp3) is 1.00. The first-order valence-electron chi connectivity index (χ1n) is 4.99. The van der Waals surface area contributed by atoms with Crippen LogP contribution in [0.25, 0.3) is 0 Å². The van der Waals surface area contributed by atoms with Crippen molar-refractivity contribution in [1.82, 2.24) is 0 Å². The van der Waals surface area contributed by atoms with E-state index in [1.165, 1.54) is 38.5 Å². The summed E-state index contributed by atoms with van der Waals surface area (Å²) in [5.74, 6) is 0. The van der Waals surface area contributed by atoms with Gasteiger partial charge < -0.3 is 0 Å². The third kappa shape index (κ3) is 1.34. The normalized spacial score (nSPS) is 50.0. The lowest BCUT2D eigenvalue weighted by Gasteiger charge is -2.48. The predicted molar refractivity (Wildman–Crippen MR) is 50.2 cm³/mol. The molecule has 0 saturated carbocycles. The molecule has 2 heterocycles. The second-order valence-corrected chi connectivity index (χ2v) is 5.16. The van der Waals surface area contributed by atoms with Crippen LogP contribution >= 0.6 is 0 Å². The first-order chi connectivity index (χ1) is 5.12. The zero-order chi connectivity index (χ0) is 7.95. The quantitative estimate of drug-likeness (QED) is 0.463. The van der Waals surface area contributed by atoms with Gasteiger partial charge in [0, 0.05) is 0 Å². The minimum absolute atomic E-state index is 0.616. The summed E-state index contributed by atoms with van der Waals surface area (Å²) >= 11 is 0. The monoisotopic (exact) mass is 149 g/mol. The van der Waals surface area contributed by atoms with Gasteiger partial charge in [0.1, 0.15) is 7.28 Å². The molecule has 61 valence electrons. The maximum Gasteiger partial charge on any atom is 0.125 e. The van der Waals surface area contributed by atoms with E-state index in [9.17, 15) is 0 Å². The lowest BCUT2D eigenvalue weighted by molar-refractivity contribution is 0.311. The summed E-state index contributed by atoms with van der Waals surface area (Å²) < 4.78 is 0. The van der Waals surface area contributed by atoms with E-state index in [0.29, 0.717) is 10.6 Å². The molecular formula is C10H18B. The molecule has 0 nitrogen and oxygen atoms in total. The minimum Gasteiger partial charge on any atom is -0.0669 e. The molecular weight excluding hydrogens is 131 g/mol. The van der Waals surface area contributed by atoms with E-state index in [1.807, 2.05) is 0 Å². The van der Waals surface area contributed by atoms with E-state index in [2.05, 4.69) is 21.1 Å². The summed E-state index contributed by atoms with van der Waals surface area (Å²) in [7, 11) is 2.66. The highest BCUT2D eigenvalue weighted by Crippen LogP contribution is 2.57. The van der Waals surface area contributed by atoms with Crippen molar-refractivity contribution < 1.29 is 0 Å². The average Bonchev–Trinajstić information content (AvgIpc) is 1.83. The van der Waals surface area contributed by atoms with Gasteiger partial charge in [0.05, 0.1) is 0 Å². The summed E-state index contributed by atoms with van der Waals surface area (Å²) in [6.07, 6.45) is 8.71. The van der Waals surface area contributed by atoms with Crippen LogP contribution in [0.3, 0.4) is 0 Å². The zero-order valence-corrected chi connectivity index (χ0v) is 7.82. The molecule has 2 fully saturated rings.